The number of hydrogen-bond acceptors (Lipinski definition) is 5. The van der Waals surface area contributed by atoms with Gasteiger partial charge in [0.2, 0.25) is 5.91 Å². The van der Waals surface area contributed by atoms with Crippen molar-refractivity contribution in [3.63, 3.8) is 0 Å². The second kappa shape index (κ2) is 9.01. The van der Waals surface area contributed by atoms with E-state index in [0.717, 1.165) is 30.5 Å². The Balaban J connectivity index is 1.61. The first-order chi connectivity index (χ1) is 14.9. The highest BCUT2D eigenvalue weighted by molar-refractivity contribution is 7.91. The first kappa shape index (κ1) is 21.8. The largest absolute Gasteiger partial charge is 0.489 e. The zero-order valence-corrected chi connectivity index (χ0v) is 18.9. The molecular formula is C24H30N2O4S. The number of hydrogen-bond donors (Lipinski definition) is 0. The molecule has 0 saturated heterocycles. The predicted molar refractivity (Wildman–Crippen MR) is 122 cm³/mol. The summed E-state index contributed by atoms with van der Waals surface area (Å²) in [6, 6.07) is 17.1. The van der Waals surface area contributed by atoms with Crippen molar-refractivity contribution in [2.75, 3.05) is 31.4 Å². The van der Waals surface area contributed by atoms with E-state index in [1.807, 2.05) is 71.4 Å². The maximum Gasteiger partial charge on any atom is 0.241 e. The number of ether oxygens (including phenoxy) is 1. The summed E-state index contributed by atoms with van der Waals surface area (Å²) in [7, 11) is -1.30. The highest BCUT2D eigenvalue weighted by atomic mass is 32.2. The zero-order valence-electron chi connectivity index (χ0n) is 18.1. The topological polar surface area (TPSA) is 66.9 Å². The molecule has 2 aromatic rings. The van der Waals surface area contributed by atoms with E-state index < -0.39 is 15.1 Å². The number of rotatable bonds is 5. The van der Waals surface area contributed by atoms with Crippen molar-refractivity contribution in [1.82, 2.24) is 4.90 Å². The van der Waals surface area contributed by atoms with E-state index in [9.17, 15) is 13.2 Å². The van der Waals surface area contributed by atoms with Crippen LogP contribution in [0.25, 0.3) is 0 Å². The molecule has 166 valence electrons. The van der Waals surface area contributed by atoms with Crippen LogP contribution in [0.1, 0.15) is 37.3 Å². The number of fused-ring (bicyclic) bond motifs is 1. The first-order valence-corrected chi connectivity index (χ1v) is 12.8. The van der Waals surface area contributed by atoms with Gasteiger partial charge in [0.1, 0.15) is 12.4 Å². The van der Waals surface area contributed by atoms with Gasteiger partial charge < -0.3 is 4.74 Å². The van der Waals surface area contributed by atoms with Crippen molar-refractivity contribution in [2.24, 2.45) is 0 Å². The molecule has 7 heteroatoms. The minimum absolute atomic E-state index is 0.0510. The van der Waals surface area contributed by atoms with E-state index in [4.69, 9.17) is 4.74 Å². The van der Waals surface area contributed by atoms with Crippen LogP contribution in [0.3, 0.4) is 0 Å². The minimum Gasteiger partial charge on any atom is -0.489 e. The number of benzene rings is 2. The number of para-hydroxylation sites is 2. The molecule has 1 aliphatic heterocycles. The SMILES string of the molecule is CN(CC(=O)N1c2ccccc2OC[C@@H]1c1ccccc1)[C@H]1CCCC[C@@H]1S(C)(=O)=O. The molecule has 2 aromatic carbocycles. The second-order valence-electron chi connectivity index (χ2n) is 8.60. The van der Waals surface area contributed by atoms with Gasteiger partial charge in [-0.05, 0) is 37.6 Å². The molecule has 0 N–H and O–H groups in total. The van der Waals surface area contributed by atoms with Crippen LogP contribution in [0.5, 0.6) is 5.75 Å². The van der Waals surface area contributed by atoms with E-state index in [-0.39, 0.29) is 24.5 Å². The summed E-state index contributed by atoms with van der Waals surface area (Å²) in [5.74, 6) is 0.641. The molecular weight excluding hydrogens is 412 g/mol. The van der Waals surface area contributed by atoms with E-state index in [2.05, 4.69) is 0 Å². The van der Waals surface area contributed by atoms with E-state index in [1.165, 1.54) is 6.26 Å². The van der Waals surface area contributed by atoms with Gasteiger partial charge in [-0.1, -0.05) is 55.3 Å². The fourth-order valence-electron chi connectivity index (χ4n) is 4.91. The molecule has 2 aliphatic rings. The molecule has 3 atom stereocenters. The van der Waals surface area contributed by atoms with Crippen molar-refractivity contribution < 1.29 is 17.9 Å². The van der Waals surface area contributed by atoms with Gasteiger partial charge in [0.05, 0.1) is 23.5 Å². The van der Waals surface area contributed by atoms with Crippen molar-refractivity contribution in [2.45, 2.75) is 43.0 Å². The molecule has 0 spiro atoms. The summed E-state index contributed by atoms with van der Waals surface area (Å²) in [6.07, 6.45) is 4.68. The molecule has 0 unspecified atom stereocenters. The van der Waals surface area contributed by atoms with Gasteiger partial charge in [0.15, 0.2) is 9.84 Å². The van der Waals surface area contributed by atoms with Gasteiger partial charge in [-0.25, -0.2) is 8.42 Å². The third kappa shape index (κ3) is 4.62. The third-order valence-corrected chi connectivity index (χ3v) is 8.10. The second-order valence-corrected chi connectivity index (χ2v) is 10.9. The van der Waals surface area contributed by atoms with Crippen molar-refractivity contribution in [3.05, 3.63) is 60.2 Å². The van der Waals surface area contributed by atoms with E-state index >= 15 is 0 Å². The Kier molecular flexibility index (Phi) is 6.34. The maximum absolute atomic E-state index is 13.6. The average molecular weight is 443 g/mol. The van der Waals surface area contributed by atoms with Gasteiger partial charge in [-0.15, -0.1) is 0 Å². The summed E-state index contributed by atoms with van der Waals surface area (Å²) in [5.41, 5.74) is 1.77. The highest BCUT2D eigenvalue weighted by Crippen LogP contribution is 2.39. The minimum atomic E-state index is -3.17. The first-order valence-electron chi connectivity index (χ1n) is 10.8. The number of nitrogens with zero attached hydrogens (tertiary/aromatic N) is 2. The van der Waals surface area contributed by atoms with Gasteiger partial charge in [0.25, 0.3) is 0 Å². The fourth-order valence-corrected chi connectivity index (χ4v) is 6.42. The summed E-state index contributed by atoms with van der Waals surface area (Å²) in [5, 5.41) is -0.416. The Bertz CT molecular complexity index is 1020. The maximum atomic E-state index is 13.6. The molecule has 0 aromatic heterocycles. The van der Waals surface area contributed by atoms with Crippen molar-refractivity contribution >= 4 is 21.4 Å². The molecule has 31 heavy (non-hydrogen) atoms. The van der Waals surface area contributed by atoms with Crippen LogP contribution in [0.4, 0.5) is 5.69 Å². The Hall–Kier alpha value is -2.38. The summed E-state index contributed by atoms with van der Waals surface area (Å²) in [6.45, 7) is 0.542. The van der Waals surface area contributed by atoms with Crippen LogP contribution >= 0.6 is 0 Å². The molecule has 6 nitrogen and oxygen atoms in total. The molecule has 1 saturated carbocycles. The predicted octanol–water partition coefficient (Wildman–Crippen LogP) is 3.44. The third-order valence-electron chi connectivity index (χ3n) is 6.45. The van der Waals surface area contributed by atoms with Gasteiger partial charge in [0, 0.05) is 12.3 Å². The smallest absolute Gasteiger partial charge is 0.241 e. The van der Waals surface area contributed by atoms with Crippen LogP contribution in [0.15, 0.2) is 54.6 Å². The van der Waals surface area contributed by atoms with Crippen LogP contribution in [0.2, 0.25) is 0 Å². The molecule has 1 amide bonds. The van der Waals surface area contributed by atoms with Gasteiger partial charge in [-0.2, -0.15) is 0 Å². The Labute approximate surface area is 184 Å². The van der Waals surface area contributed by atoms with Crippen LogP contribution in [0, 0.1) is 0 Å². The number of amides is 1. The lowest BCUT2D eigenvalue weighted by molar-refractivity contribution is -0.121. The summed E-state index contributed by atoms with van der Waals surface area (Å²) in [4.78, 5) is 17.4. The molecule has 4 rings (SSSR count). The quantitative estimate of drug-likeness (QED) is 0.710. The van der Waals surface area contributed by atoms with Crippen LogP contribution in [-0.2, 0) is 14.6 Å². The van der Waals surface area contributed by atoms with E-state index in [0.29, 0.717) is 18.8 Å². The lowest BCUT2D eigenvalue weighted by Gasteiger charge is -2.40. The molecule has 1 heterocycles. The zero-order chi connectivity index (χ0) is 22.0. The Morgan fingerprint density at radius 1 is 1.06 bits per heavy atom. The lowest BCUT2D eigenvalue weighted by atomic mass is 9.93. The molecule has 1 fully saturated rings. The van der Waals surface area contributed by atoms with Crippen LogP contribution < -0.4 is 9.64 Å². The summed E-state index contributed by atoms with van der Waals surface area (Å²) >= 11 is 0. The molecule has 0 radical (unpaired) electrons. The number of carbonyl (C=O) groups excluding carboxylic acids is 1. The highest BCUT2D eigenvalue weighted by Gasteiger charge is 2.38. The normalized spacial score (nSPS) is 23.8. The van der Waals surface area contributed by atoms with Crippen molar-refractivity contribution in [1.29, 1.82) is 0 Å². The monoisotopic (exact) mass is 442 g/mol. The number of anilines is 1. The number of likely N-dealkylation sites (N-methyl/N-ethyl adjacent to an activating group) is 1. The number of carbonyl (C=O) groups is 1. The Morgan fingerprint density at radius 2 is 1.74 bits per heavy atom. The van der Waals surface area contributed by atoms with E-state index in [1.54, 1.807) is 0 Å². The molecule has 0 bridgehead atoms. The van der Waals surface area contributed by atoms with Crippen LogP contribution in [-0.4, -0.2) is 57.0 Å². The average Bonchev–Trinajstić information content (AvgIpc) is 2.78. The van der Waals surface area contributed by atoms with Crippen molar-refractivity contribution in [3.8, 4) is 5.75 Å². The summed E-state index contributed by atoms with van der Waals surface area (Å²) < 4.78 is 30.7. The van der Waals surface area contributed by atoms with Gasteiger partial charge >= 0.3 is 0 Å². The Morgan fingerprint density at radius 3 is 2.48 bits per heavy atom. The van der Waals surface area contributed by atoms with Gasteiger partial charge in [-0.3, -0.25) is 14.6 Å². The number of sulfone groups is 1. The molecule has 1 aliphatic carbocycles. The lowest BCUT2D eigenvalue weighted by Crippen LogP contribution is -2.52. The fraction of sp³-hybridized carbons (Fsp3) is 0.458. The standard InChI is InChI=1S/C24H30N2O4S/c1-25(20-13-7-9-15-23(20)31(2,28)29)16-24(27)26-19-12-6-8-14-22(19)30-17-21(26)18-10-4-3-5-11-18/h3-6,8,10-12,14,20-21,23H,7,9,13,15-17H2,1-2H3/t20-,21+,23-/m0/s1.